The fourth-order valence-corrected chi connectivity index (χ4v) is 2.22. The molecule has 0 saturated carbocycles. The molecule has 0 unspecified atom stereocenters. The highest BCUT2D eigenvalue weighted by atomic mass is 16.5. The summed E-state index contributed by atoms with van der Waals surface area (Å²) in [7, 11) is 0. The van der Waals surface area contributed by atoms with Crippen LogP contribution in [0.3, 0.4) is 0 Å². The molecule has 0 aromatic carbocycles. The van der Waals surface area contributed by atoms with Crippen molar-refractivity contribution in [2.45, 2.75) is 24.9 Å². The third-order valence-corrected chi connectivity index (χ3v) is 3.16. The SMILES string of the molecule is Nc1nc(N)c2ncn([C@@H]3C[C@@H](O)[C@H](CO)O3)c2n1. The number of nitrogens with two attached hydrogens (primary N) is 2. The predicted octanol–water partition coefficient (Wildman–Crippen LogP) is -1.37. The lowest BCUT2D eigenvalue weighted by molar-refractivity contribution is -0.0432. The van der Waals surface area contributed by atoms with Crippen molar-refractivity contribution in [1.82, 2.24) is 19.5 Å². The summed E-state index contributed by atoms with van der Waals surface area (Å²) >= 11 is 0. The van der Waals surface area contributed by atoms with E-state index in [0.29, 0.717) is 17.6 Å². The van der Waals surface area contributed by atoms with Crippen LogP contribution in [0.1, 0.15) is 12.6 Å². The number of aromatic nitrogens is 4. The van der Waals surface area contributed by atoms with Crippen LogP contribution in [0.25, 0.3) is 11.2 Å². The van der Waals surface area contributed by atoms with Gasteiger partial charge in [-0.2, -0.15) is 9.97 Å². The van der Waals surface area contributed by atoms with Crippen LogP contribution in [-0.4, -0.2) is 48.5 Å². The molecule has 1 aliphatic rings. The first-order valence-electron chi connectivity index (χ1n) is 5.80. The van der Waals surface area contributed by atoms with E-state index in [1.54, 1.807) is 4.57 Å². The number of anilines is 2. The van der Waals surface area contributed by atoms with Gasteiger partial charge in [0.05, 0.1) is 19.0 Å². The Bertz CT molecular complexity index is 615. The van der Waals surface area contributed by atoms with E-state index in [-0.39, 0.29) is 18.4 Å². The molecule has 2 aromatic rings. The summed E-state index contributed by atoms with van der Waals surface area (Å²) in [5, 5.41) is 18.8. The first-order chi connectivity index (χ1) is 9.10. The zero-order chi connectivity index (χ0) is 13.6. The lowest BCUT2D eigenvalue weighted by Gasteiger charge is -2.13. The number of imidazole rings is 1. The molecule has 0 amide bonds. The van der Waals surface area contributed by atoms with E-state index in [1.165, 1.54) is 6.33 Å². The minimum atomic E-state index is -0.732. The van der Waals surface area contributed by atoms with Crippen molar-refractivity contribution in [2.24, 2.45) is 0 Å². The molecule has 0 radical (unpaired) electrons. The van der Waals surface area contributed by atoms with Crippen LogP contribution in [0, 0.1) is 0 Å². The Hall–Kier alpha value is -1.97. The molecule has 102 valence electrons. The molecule has 0 aliphatic carbocycles. The van der Waals surface area contributed by atoms with Gasteiger partial charge in [-0.3, -0.25) is 4.57 Å². The topological polar surface area (TPSA) is 145 Å². The molecule has 1 saturated heterocycles. The highest BCUT2D eigenvalue weighted by Crippen LogP contribution is 2.31. The summed E-state index contributed by atoms with van der Waals surface area (Å²) in [5.74, 6) is 0.238. The minimum Gasteiger partial charge on any atom is -0.394 e. The molecule has 3 rings (SSSR count). The Labute approximate surface area is 107 Å². The number of nitrogen functional groups attached to an aromatic ring is 2. The smallest absolute Gasteiger partial charge is 0.224 e. The Morgan fingerprint density at radius 2 is 2.21 bits per heavy atom. The maximum absolute atomic E-state index is 9.74. The van der Waals surface area contributed by atoms with Crippen molar-refractivity contribution in [3.63, 3.8) is 0 Å². The number of hydrogen-bond acceptors (Lipinski definition) is 8. The average molecular weight is 266 g/mol. The minimum absolute atomic E-state index is 0.0454. The van der Waals surface area contributed by atoms with Crippen LogP contribution in [0.2, 0.25) is 0 Å². The molecule has 3 atom stereocenters. The predicted molar refractivity (Wildman–Crippen MR) is 65.8 cm³/mol. The molecule has 3 heterocycles. The number of fused-ring (bicyclic) bond motifs is 1. The van der Waals surface area contributed by atoms with Gasteiger partial charge >= 0.3 is 0 Å². The van der Waals surface area contributed by atoms with Crippen molar-refractivity contribution in [3.8, 4) is 0 Å². The summed E-state index contributed by atoms with van der Waals surface area (Å²) in [6, 6.07) is 0. The van der Waals surface area contributed by atoms with Crippen LogP contribution in [0.5, 0.6) is 0 Å². The first kappa shape index (κ1) is 12.1. The zero-order valence-corrected chi connectivity index (χ0v) is 9.97. The van der Waals surface area contributed by atoms with Crippen LogP contribution in [0.4, 0.5) is 11.8 Å². The Morgan fingerprint density at radius 3 is 2.89 bits per heavy atom. The van der Waals surface area contributed by atoms with Gasteiger partial charge in [0.25, 0.3) is 0 Å². The molecule has 19 heavy (non-hydrogen) atoms. The summed E-state index contributed by atoms with van der Waals surface area (Å²) in [4.78, 5) is 12.0. The zero-order valence-electron chi connectivity index (χ0n) is 9.97. The summed E-state index contributed by atoms with van der Waals surface area (Å²) < 4.78 is 7.16. The van der Waals surface area contributed by atoms with Gasteiger partial charge in [-0.05, 0) is 0 Å². The molecule has 2 aromatic heterocycles. The van der Waals surface area contributed by atoms with Gasteiger partial charge in [-0.1, -0.05) is 0 Å². The summed E-state index contributed by atoms with van der Waals surface area (Å²) in [6.45, 7) is -0.246. The highest BCUT2D eigenvalue weighted by molar-refractivity contribution is 5.82. The molecule has 9 heteroatoms. The fourth-order valence-electron chi connectivity index (χ4n) is 2.22. The van der Waals surface area contributed by atoms with Crippen LogP contribution in [-0.2, 0) is 4.74 Å². The van der Waals surface area contributed by atoms with Gasteiger partial charge in [0.2, 0.25) is 5.95 Å². The van der Waals surface area contributed by atoms with Gasteiger partial charge < -0.3 is 26.4 Å². The van der Waals surface area contributed by atoms with Crippen LogP contribution >= 0.6 is 0 Å². The molecule has 6 N–H and O–H groups in total. The van der Waals surface area contributed by atoms with Gasteiger partial charge in [0, 0.05) is 6.42 Å². The van der Waals surface area contributed by atoms with E-state index < -0.39 is 18.4 Å². The number of rotatable bonds is 2. The van der Waals surface area contributed by atoms with Crippen molar-refractivity contribution in [3.05, 3.63) is 6.33 Å². The van der Waals surface area contributed by atoms with E-state index in [0.717, 1.165) is 0 Å². The van der Waals surface area contributed by atoms with Gasteiger partial charge in [0.15, 0.2) is 11.5 Å². The van der Waals surface area contributed by atoms with Gasteiger partial charge in [-0.15, -0.1) is 0 Å². The third kappa shape index (κ3) is 1.87. The normalized spacial score (nSPS) is 27.2. The van der Waals surface area contributed by atoms with E-state index in [1.807, 2.05) is 0 Å². The van der Waals surface area contributed by atoms with E-state index >= 15 is 0 Å². The number of nitrogens with zero attached hydrogens (tertiary/aromatic N) is 4. The molecular weight excluding hydrogens is 252 g/mol. The molecule has 1 fully saturated rings. The molecule has 9 nitrogen and oxygen atoms in total. The Balaban J connectivity index is 2.02. The Kier molecular flexibility index (Phi) is 2.73. The van der Waals surface area contributed by atoms with Gasteiger partial charge in [-0.25, -0.2) is 4.98 Å². The molecular formula is C10H14N6O3. The van der Waals surface area contributed by atoms with Crippen LogP contribution < -0.4 is 11.5 Å². The largest absolute Gasteiger partial charge is 0.394 e. The van der Waals surface area contributed by atoms with Gasteiger partial charge in [0.1, 0.15) is 17.8 Å². The lowest BCUT2D eigenvalue weighted by atomic mass is 10.2. The Morgan fingerprint density at radius 1 is 1.42 bits per heavy atom. The summed E-state index contributed by atoms with van der Waals surface area (Å²) in [6.07, 6.45) is 0.0288. The van der Waals surface area contributed by atoms with E-state index in [4.69, 9.17) is 21.3 Å². The monoisotopic (exact) mass is 266 g/mol. The fraction of sp³-hybridized carbons (Fsp3) is 0.500. The van der Waals surface area contributed by atoms with E-state index in [2.05, 4.69) is 15.0 Å². The number of hydrogen-bond donors (Lipinski definition) is 4. The third-order valence-electron chi connectivity index (χ3n) is 3.16. The van der Waals surface area contributed by atoms with E-state index in [9.17, 15) is 5.11 Å². The maximum atomic E-state index is 9.74. The number of aliphatic hydroxyl groups excluding tert-OH is 2. The molecule has 0 bridgehead atoms. The standard InChI is InChI=1S/C10H14N6O3/c11-8-7-9(15-10(12)14-8)16(3-13-7)6-1-4(18)5(2-17)19-6/h3-6,17-18H,1-2H2,(H4,11,12,14,15)/t4-,5+,6+/m1/s1. The van der Waals surface area contributed by atoms with Crippen molar-refractivity contribution >= 4 is 22.9 Å². The van der Waals surface area contributed by atoms with Crippen LogP contribution in [0.15, 0.2) is 6.33 Å². The van der Waals surface area contributed by atoms with Crippen molar-refractivity contribution in [2.75, 3.05) is 18.1 Å². The second-order valence-corrected chi connectivity index (χ2v) is 4.41. The quantitative estimate of drug-likeness (QED) is 0.521. The second kappa shape index (κ2) is 4.30. The molecule has 1 aliphatic heterocycles. The highest BCUT2D eigenvalue weighted by Gasteiger charge is 2.35. The lowest BCUT2D eigenvalue weighted by Crippen LogP contribution is -2.24. The average Bonchev–Trinajstić information content (AvgIpc) is 2.92. The van der Waals surface area contributed by atoms with Crippen molar-refractivity contribution in [1.29, 1.82) is 0 Å². The summed E-state index contributed by atoms with van der Waals surface area (Å²) in [5.41, 5.74) is 12.1. The first-order valence-corrected chi connectivity index (χ1v) is 5.80. The second-order valence-electron chi connectivity index (χ2n) is 4.41. The molecule has 0 spiro atoms. The van der Waals surface area contributed by atoms with Crippen molar-refractivity contribution < 1.29 is 14.9 Å². The maximum Gasteiger partial charge on any atom is 0.224 e. The number of ether oxygens (including phenoxy) is 1. The number of aliphatic hydroxyl groups is 2.